The number of carbonyl (C=O) groups excluding carboxylic acids is 1. The molecule has 2 aromatic heterocycles. The van der Waals surface area contributed by atoms with Crippen molar-refractivity contribution in [1.29, 1.82) is 0 Å². The lowest BCUT2D eigenvalue weighted by Gasteiger charge is -2.10. The van der Waals surface area contributed by atoms with Crippen LogP contribution in [0.3, 0.4) is 0 Å². The fraction of sp³-hybridized carbons (Fsp3) is 0.130. The molecule has 0 saturated heterocycles. The van der Waals surface area contributed by atoms with Gasteiger partial charge in [-0.2, -0.15) is 0 Å². The SMILES string of the molecule is Cc1nc2c(OCc3c(F)cccc3F)cccn2c1NC(=O)Cc1ccc(F)c(F)c1. The third kappa shape index (κ3) is 4.27. The van der Waals surface area contributed by atoms with Crippen LogP contribution in [-0.2, 0) is 17.8 Å². The highest BCUT2D eigenvalue weighted by molar-refractivity contribution is 5.92. The summed E-state index contributed by atoms with van der Waals surface area (Å²) in [6.07, 6.45) is 1.46. The standard InChI is InChI=1S/C23H17F4N3O2/c1-13-22(29-21(31)11-14-7-8-18(26)19(27)10-14)30-9-3-6-20(23(30)28-13)32-12-15-16(24)4-2-5-17(15)25/h2-10H,11-12H2,1H3,(H,29,31). The molecule has 0 atom stereocenters. The molecule has 2 aromatic carbocycles. The second kappa shape index (κ2) is 8.70. The molecule has 0 aliphatic carbocycles. The van der Waals surface area contributed by atoms with Gasteiger partial charge in [0.2, 0.25) is 5.91 Å². The predicted molar refractivity (Wildman–Crippen MR) is 109 cm³/mol. The third-order valence-corrected chi connectivity index (χ3v) is 4.83. The number of nitrogens with zero attached hydrogens (tertiary/aromatic N) is 2. The number of carbonyl (C=O) groups is 1. The number of anilines is 1. The van der Waals surface area contributed by atoms with Crippen LogP contribution >= 0.6 is 0 Å². The van der Waals surface area contributed by atoms with Gasteiger partial charge in [-0.3, -0.25) is 9.20 Å². The number of nitrogens with one attached hydrogen (secondary N) is 1. The molecule has 164 valence electrons. The molecule has 0 aliphatic heterocycles. The Kier molecular flexibility index (Phi) is 5.81. The number of rotatable bonds is 6. The minimum atomic E-state index is -1.03. The fourth-order valence-corrected chi connectivity index (χ4v) is 3.25. The molecule has 9 heteroatoms. The summed E-state index contributed by atoms with van der Waals surface area (Å²) in [4.78, 5) is 16.8. The maximum Gasteiger partial charge on any atom is 0.229 e. The van der Waals surface area contributed by atoms with E-state index in [2.05, 4.69) is 10.3 Å². The summed E-state index contributed by atoms with van der Waals surface area (Å²) >= 11 is 0. The zero-order chi connectivity index (χ0) is 22.8. The molecule has 0 saturated carbocycles. The average molecular weight is 443 g/mol. The normalized spacial score (nSPS) is 11.0. The van der Waals surface area contributed by atoms with Gasteiger partial charge in [-0.05, 0) is 48.9 Å². The van der Waals surface area contributed by atoms with Crippen LogP contribution < -0.4 is 10.1 Å². The summed E-state index contributed by atoms with van der Waals surface area (Å²) in [5, 5.41) is 2.70. The number of hydrogen-bond acceptors (Lipinski definition) is 3. The molecule has 1 amide bonds. The second-order valence-electron chi connectivity index (χ2n) is 7.07. The number of pyridine rings is 1. The Morgan fingerprint density at radius 2 is 1.75 bits per heavy atom. The van der Waals surface area contributed by atoms with Crippen molar-refractivity contribution in [1.82, 2.24) is 9.38 Å². The summed E-state index contributed by atoms with van der Waals surface area (Å²) in [6, 6.07) is 10.0. The summed E-state index contributed by atoms with van der Waals surface area (Å²) in [6.45, 7) is 1.32. The van der Waals surface area contributed by atoms with Crippen molar-refractivity contribution >= 4 is 17.4 Å². The van der Waals surface area contributed by atoms with Crippen LogP contribution in [0, 0.1) is 30.2 Å². The summed E-state index contributed by atoms with van der Waals surface area (Å²) in [7, 11) is 0. The van der Waals surface area contributed by atoms with Gasteiger partial charge in [0, 0.05) is 6.20 Å². The molecule has 0 fully saturated rings. The highest BCUT2D eigenvalue weighted by Gasteiger charge is 2.17. The molecule has 0 bridgehead atoms. The van der Waals surface area contributed by atoms with Gasteiger partial charge in [0.1, 0.15) is 24.1 Å². The van der Waals surface area contributed by atoms with E-state index in [1.54, 1.807) is 29.7 Å². The monoisotopic (exact) mass is 443 g/mol. The molecule has 4 aromatic rings. The second-order valence-corrected chi connectivity index (χ2v) is 7.07. The van der Waals surface area contributed by atoms with Crippen LogP contribution in [0.25, 0.3) is 5.65 Å². The molecular formula is C23H17F4N3O2. The zero-order valence-corrected chi connectivity index (χ0v) is 16.8. The van der Waals surface area contributed by atoms with Crippen molar-refractivity contribution in [2.45, 2.75) is 20.0 Å². The first kappa shape index (κ1) is 21.4. The average Bonchev–Trinajstić information content (AvgIpc) is 3.06. The van der Waals surface area contributed by atoms with E-state index in [4.69, 9.17) is 4.74 Å². The van der Waals surface area contributed by atoms with Crippen molar-refractivity contribution < 1.29 is 27.1 Å². The number of hydrogen-bond donors (Lipinski definition) is 1. The molecule has 0 unspecified atom stereocenters. The van der Waals surface area contributed by atoms with E-state index in [1.807, 2.05) is 0 Å². The van der Waals surface area contributed by atoms with Crippen LogP contribution in [0.2, 0.25) is 0 Å². The van der Waals surface area contributed by atoms with Gasteiger partial charge >= 0.3 is 0 Å². The molecule has 32 heavy (non-hydrogen) atoms. The lowest BCUT2D eigenvalue weighted by molar-refractivity contribution is -0.115. The molecular weight excluding hydrogens is 426 g/mol. The maximum absolute atomic E-state index is 13.9. The maximum atomic E-state index is 13.9. The minimum Gasteiger partial charge on any atom is -0.485 e. The smallest absolute Gasteiger partial charge is 0.229 e. The molecule has 0 aliphatic rings. The van der Waals surface area contributed by atoms with Crippen LogP contribution in [0.1, 0.15) is 16.8 Å². The Bertz CT molecular complexity index is 1300. The lowest BCUT2D eigenvalue weighted by atomic mass is 10.1. The van der Waals surface area contributed by atoms with Crippen molar-refractivity contribution in [3.8, 4) is 5.75 Å². The topological polar surface area (TPSA) is 55.6 Å². The van der Waals surface area contributed by atoms with Crippen LogP contribution in [0.15, 0.2) is 54.7 Å². The highest BCUT2D eigenvalue weighted by Crippen LogP contribution is 2.26. The molecule has 1 N–H and O–H groups in total. The Hall–Kier alpha value is -3.88. The Labute approximate surface area is 180 Å². The van der Waals surface area contributed by atoms with E-state index in [0.717, 1.165) is 24.3 Å². The number of ether oxygens (including phenoxy) is 1. The van der Waals surface area contributed by atoms with E-state index < -0.39 is 29.2 Å². The summed E-state index contributed by atoms with van der Waals surface area (Å²) in [5.74, 6) is -3.30. The number of aromatic nitrogens is 2. The fourth-order valence-electron chi connectivity index (χ4n) is 3.25. The number of imidazole rings is 1. The van der Waals surface area contributed by atoms with Gasteiger partial charge in [-0.25, -0.2) is 22.5 Å². The van der Waals surface area contributed by atoms with E-state index in [0.29, 0.717) is 22.7 Å². The molecule has 4 rings (SSSR count). The van der Waals surface area contributed by atoms with Crippen LogP contribution in [0.5, 0.6) is 5.75 Å². The van der Waals surface area contributed by atoms with Gasteiger partial charge in [0.25, 0.3) is 0 Å². The molecule has 2 heterocycles. The predicted octanol–water partition coefficient (Wildman–Crippen LogP) is 4.96. The first-order chi connectivity index (χ1) is 15.3. The number of aryl methyl sites for hydroxylation is 1. The van der Waals surface area contributed by atoms with Crippen LogP contribution in [-0.4, -0.2) is 15.3 Å². The van der Waals surface area contributed by atoms with Crippen molar-refractivity contribution in [3.05, 3.63) is 94.8 Å². The Morgan fingerprint density at radius 3 is 2.47 bits per heavy atom. The van der Waals surface area contributed by atoms with Gasteiger partial charge in [-0.15, -0.1) is 0 Å². The van der Waals surface area contributed by atoms with E-state index in [9.17, 15) is 22.4 Å². The molecule has 5 nitrogen and oxygen atoms in total. The van der Waals surface area contributed by atoms with E-state index in [1.165, 1.54) is 12.1 Å². The van der Waals surface area contributed by atoms with Gasteiger partial charge in [0.05, 0.1) is 17.7 Å². The quantitative estimate of drug-likeness (QED) is 0.429. The highest BCUT2D eigenvalue weighted by atomic mass is 19.2. The van der Waals surface area contributed by atoms with Gasteiger partial charge < -0.3 is 10.1 Å². The Balaban J connectivity index is 1.55. The number of fused-ring (bicyclic) bond motifs is 1. The van der Waals surface area contributed by atoms with Crippen LogP contribution in [0.4, 0.5) is 23.4 Å². The largest absolute Gasteiger partial charge is 0.485 e. The molecule has 0 radical (unpaired) electrons. The number of benzene rings is 2. The van der Waals surface area contributed by atoms with Crippen molar-refractivity contribution in [2.75, 3.05) is 5.32 Å². The summed E-state index contributed by atoms with van der Waals surface area (Å²) in [5.41, 5.74) is 0.906. The molecule has 0 spiro atoms. The summed E-state index contributed by atoms with van der Waals surface area (Å²) < 4.78 is 61.4. The van der Waals surface area contributed by atoms with Gasteiger partial charge in [0.15, 0.2) is 23.0 Å². The van der Waals surface area contributed by atoms with Crippen molar-refractivity contribution in [2.24, 2.45) is 0 Å². The van der Waals surface area contributed by atoms with E-state index >= 15 is 0 Å². The number of halogens is 4. The minimum absolute atomic E-state index is 0.174. The van der Waals surface area contributed by atoms with Gasteiger partial charge in [-0.1, -0.05) is 12.1 Å². The first-order valence-electron chi connectivity index (χ1n) is 9.60. The van der Waals surface area contributed by atoms with E-state index in [-0.39, 0.29) is 24.3 Å². The Morgan fingerprint density at radius 1 is 1.00 bits per heavy atom. The van der Waals surface area contributed by atoms with Crippen molar-refractivity contribution in [3.63, 3.8) is 0 Å². The first-order valence-corrected chi connectivity index (χ1v) is 9.60. The lowest BCUT2D eigenvalue weighted by Crippen LogP contribution is -2.16. The number of amides is 1. The third-order valence-electron chi connectivity index (χ3n) is 4.83. The zero-order valence-electron chi connectivity index (χ0n) is 16.8.